The van der Waals surface area contributed by atoms with E-state index in [1.165, 1.54) is 12.4 Å². The van der Waals surface area contributed by atoms with E-state index in [1.54, 1.807) is 20.8 Å². The van der Waals surface area contributed by atoms with Gasteiger partial charge < -0.3 is 14.4 Å². The van der Waals surface area contributed by atoms with Crippen molar-refractivity contribution < 1.29 is 24.0 Å². The molecule has 0 fully saturated rings. The van der Waals surface area contributed by atoms with Gasteiger partial charge in [-0.2, -0.15) is 0 Å². The minimum Gasteiger partial charge on any atom is -0.477 e. The van der Waals surface area contributed by atoms with E-state index in [0.29, 0.717) is 5.56 Å². The Kier molecular flexibility index (Phi) is 4.06. The van der Waals surface area contributed by atoms with Gasteiger partial charge in [0, 0.05) is 12.4 Å². The van der Waals surface area contributed by atoms with Crippen molar-refractivity contribution in [2.75, 3.05) is 5.32 Å². The molecular formula is C13H14N4O5. The molecular weight excluding hydrogens is 292 g/mol. The number of anilines is 1. The molecule has 0 aromatic carbocycles. The van der Waals surface area contributed by atoms with Crippen molar-refractivity contribution >= 4 is 18.0 Å². The maximum atomic E-state index is 11.6. The third-order valence-electron chi connectivity index (χ3n) is 2.33. The van der Waals surface area contributed by atoms with Gasteiger partial charge in [0.25, 0.3) is 0 Å². The number of hydrogen-bond acceptors (Lipinski definition) is 7. The molecule has 0 atom stereocenters. The number of carbonyl (C=O) groups is 2. The average Bonchev–Trinajstić information content (AvgIpc) is 2.86. The fourth-order valence-corrected chi connectivity index (χ4v) is 1.50. The molecule has 0 aliphatic heterocycles. The molecule has 1 amide bonds. The first kappa shape index (κ1) is 15.4. The van der Waals surface area contributed by atoms with Gasteiger partial charge in [0.2, 0.25) is 5.95 Å². The second-order valence-electron chi connectivity index (χ2n) is 5.30. The van der Waals surface area contributed by atoms with E-state index < -0.39 is 17.7 Å². The van der Waals surface area contributed by atoms with Gasteiger partial charge in [-0.3, -0.25) is 5.32 Å². The summed E-state index contributed by atoms with van der Waals surface area (Å²) < 4.78 is 9.93. The minimum atomic E-state index is -1.17. The van der Waals surface area contributed by atoms with Gasteiger partial charge in [-0.25, -0.2) is 19.6 Å². The van der Waals surface area contributed by atoms with E-state index >= 15 is 0 Å². The molecule has 2 aromatic rings. The fraction of sp³-hybridized carbons (Fsp3) is 0.308. The number of hydrogen-bond donors (Lipinski definition) is 2. The van der Waals surface area contributed by atoms with Gasteiger partial charge in [0.05, 0.1) is 11.8 Å². The lowest BCUT2D eigenvalue weighted by Gasteiger charge is -2.19. The molecule has 2 heterocycles. The molecule has 0 radical (unpaired) electrons. The van der Waals surface area contributed by atoms with E-state index in [1.807, 2.05) is 0 Å². The van der Waals surface area contributed by atoms with Gasteiger partial charge in [0.15, 0.2) is 5.76 Å². The molecule has 2 N–H and O–H groups in total. The number of amides is 1. The maximum absolute atomic E-state index is 11.6. The summed E-state index contributed by atoms with van der Waals surface area (Å²) in [4.78, 5) is 30.4. The van der Waals surface area contributed by atoms with E-state index in [9.17, 15) is 9.59 Å². The summed E-state index contributed by atoms with van der Waals surface area (Å²) in [6.07, 6.45) is 3.02. The van der Waals surface area contributed by atoms with Gasteiger partial charge >= 0.3 is 12.1 Å². The first-order valence-electron chi connectivity index (χ1n) is 6.26. The molecule has 0 saturated carbocycles. The third-order valence-corrected chi connectivity index (χ3v) is 2.33. The topological polar surface area (TPSA) is 127 Å². The highest BCUT2D eigenvalue weighted by atomic mass is 16.6. The molecule has 0 spiro atoms. The molecule has 2 aromatic heterocycles. The Morgan fingerprint density at radius 3 is 2.41 bits per heavy atom. The van der Waals surface area contributed by atoms with Crippen molar-refractivity contribution in [3.8, 4) is 11.3 Å². The summed E-state index contributed by atoms with van der Waals surface area (Å²) in [5.74, 6) is -1.11. The van der Waals surface area contributed by atoms with Crippen LogP contribution in [-0.2, 0) is 4.74 Å². The van der Waals surface area contributed by atoms with Crippen LogP contribution in [0.1, 0.15) is 31.1 Å². The Hall–Kier alpha value is -2.97. The number of nitrogens with zero attached hydrogens (tertiary/aromatic N) is 3. The molecule has 0 bridgehead atoms. The van der Waals surface area contributed by atoms with Crippen molar-refractivity contribution in [1.82, 2.24) is 15.1 Å². The smallest absolute Gasteiger partial charge is 0.414 e. The van der Waals surface area contributed by atoms with Crippen LogP contribution >= 0.6 is 0 Å². The van der Waals surface area contributed by atoms with Crippen LogP contribution in [0.3, 0.4) is 0 Å². The number of nitrogens with one attached hydrogen (secondary N) is 1. The van der Waals surface area contributed by atoms with Crippen molar-refractivity contribution in [1.29, 1.82) is 0 Å². The van der Waals surface area contributed by atoms with Crippen molar-refractivity contribution in [2.24, 2.45) is 0 Å². The number of aromatic nitrogens is 3. The number of ether oxygens (including phenoxy) is 1. The largest absolute Gasteiger partial charge is 0.477 e. The molecule has 116 valence electrons. The lowest BCUT2D eigenvalue weighted by atomic mass is 10.2. The monoisotopic (exact) mass is 306 g/mol. The van der Waals surface area contributed by atoms with E-state index in [2.05, 4.69) is 20.4 Å². The molecule has 0 unspecified atom stereocenters. The first-order chi connectivity index (χ1) is 10.3. The second-order valence-corrected chi connectivity index (χ2v) is 5.30. The number of rotatable bonds is 3. The molecule has 22 heavy (non-hydrogen) atoms. The number of carboxylic acid groups (broad SMARTS) is 1. The predicted octanol–water partition coefficient (Wildman–Crippen LogP) is 2.18. The Balaban J connectivity index is 2.12. The zero-order valence-electron chi connectivity index (χ0n) is 12.2. The van der Waals surface area contributed by atoms with Gasteiger partial charge in [-0.15, -0.1) is 0 Å². The summed E-state index contributed by atoms with van der Waals surface area (Å²) in [5, 5.41) is 14.8. The van der Waals surface area contributed by atoms with E-state index in [0.717, 1.165) is 6.20 Å². The highest BCUT2D eigenvalue weighted by molar-refractivity contribution is 5.93. The first-order valence-corrected chi connectivity index (χ1v) is 6.26. The second kappa shape index (κ2) is 5.80. The highest BCUT2D eigenvalue weighted by Gasteiger charge is 2.19. The van der Waals surface area contributed by atoms with E-state index in [-0.39, 0.29) is 17.3 Å². The van der Waals surface area contributed by atoms with Crippen LogP contribution in [0.4, 0.5) is 10.7 Å². The zero-order valence-corrected chi connectivity index (χ0v) is 12.2. The summed E-state index contributed by atoms with van der Waals surface area (Å²) in [6, 6.07) is 0. The Bertz CT molecular complexity index is 687. The molecule has 0 saturated heterocycles. The van der Waals surface area contributed by atoms with Crippen LogP contribution in [0.2, 0.25) is 0 Å². The molecule has 9 heteroatoms. The third kappa shape index (κ3) is 3.78. The normalized spacial score (nSPS) is 11.0. The van der Waals surface area contributed by atoms with Gasteiger partial charge in [-0.1, -0.05) is 5.16 Å². The minimum absolute atomic E-state index is 0.0226. The van der Waals surface area contributed by atoms with Gasteiger partial charge in [-0.05, 0) is 20.8 Å². The summed E-state index contributed by atoms with van der Waals surface area (Å²) in [7, 11) is 0. The van der Waals surface area contributed by atoms with Crippen molar-refractivity contribution in [2.45, 2.75) is 26.4 Å². The van der Waals surface area contributed by atoms with Crippen molar-refractivity contribution in [3.63, 3.8) is 0 Å². The number of carbonyl (C=O) groups excluding carboxylic acids is 1. The SMILES string of the molecule is CC(C)(C)OC(=O)Nc1ncc(-c2oncc2C(=O)O)cn1. The Morgan fingerprint density at radius 1 is 1.23 bits per heavy atom. The standard InChI is InChI=1S/C13H14N4O5/c1-13(2,3)21-12(20)17-11-14-4-7(5-15-11)9-8(10(18)19)6-16-22-9/h4-6H,1-3H3,(H,18,19)(H,14,15,17,20). The van der Waals surface area contributed by atoms with Crippen LogP contribution in [0.15, 0.2) is 23.1 Å². The quantitative estimate of drug-likeness (QED) is 0.883. The van der Waals surface area contributed by atoms with E-state index in [4.69, 9.17) is 14.4 Å². The lowest BCUT2D eigenvalue weighted by molar-refractivity contribution is 0.0632. The molecule has 2 rings (SSSR count). The van der Waals surface area contributed by atoms with Crippen LogP contribution in [0, 0.1) is 0 Å². The summed E-state index contributed by atoms with van der Waals surface area (Å²) in [5.41, 5.74) is -0.415. The van der Waals surface area contributed by atoms with Crippen molar-refractivity contribution in [3.05, 3.63) is 24.2 Å². The molecule has 0 aliphatic rings. The average molecular weight is 306 g/mol. The van der Waals surface area contributed by atoms with Crippen LogP contribution < -0.4 is 5.32 Å². The van der Waals surface area contributed by atoms with Crippen LogP contribution in [0.5, 0.6) is 0 Å². The number of carboxylic acids is 1. The Labute approximate surface area is 125 Å². The molecule has 9 nitrogen and oxygen atoms in total. The lowest BCUT2D eigenvalue weighted by Crippen LogP contribution is -2.27. The Morgan fingerprint density at radius 2 is 1.86 bits per heavy atom. The fourth-order valence-electron chi connectivity index (χ4n) is 1.50. The summed E-state index contributed by atoms with van der Waals surface area (Å²) in [6.45, 7) is 5.19. The number of aromatic carboxylic acids is 1. The highest BCUT2D eigenvalue weighted by Crippen LogP contribution is 2.22. The molecule has 0 aliphatic carbocycles. The van der Waals surface area contributed by atoms with Gasteiger partial charge in [0.1, 0.15) is 11.2 Å². The maximum Gasteiger partial charge on any atom is 0.414 e. The van der Waals surface area contributed by atoms with Crippen LogP contribution in [0.25, 0.3) is 11.3 Å². The predicted molar refractivity (Wildman–Crippen MR) is 74.3 cm³/mol. The zero-order chi connectivity index (χ0) is 16.3. The summed E-state index contributed by atoms with van der Waals surface area (Å²) >= 11 is 0. The van der Waals surface area contributed by atoms with Crippen LogP contribution in [-0.4, -0.2) is 37.9 Å².